The van der Waals surface area contributed by atoms with Crippen molar-refractivity contribution in [3.63, 3.8) is 0 Å². The Labute approximate surface area is 158 Å². The van der Waals surface area contributed by atoms with E-state index in [0.29, 0.717) is 23.0 Å². The Hall–Kier alpha value is -1.82. The van der Waals surface area contributed by atoms with Crippen LogP contribution in [0.4, 0.5) is 0 Å². The van der Waals surface area contributed by atoms with Crippen LogP contribution in [-0.2, 0) is 16.2 Å². The Bertz CT molecular complexity index is 783. The first kappa shape index (κ1) is 18.0. The highest BCUT2D eigenvalue weighted by atomic mass is 127. The molecule has 0 amide bonds. The number of rotatable bonds is 4. The molecule has 0 radical (unpaired) electrons. The Morgan fingerprint density at radius 3 is 2.12 bits per heavy atom. The highest BCUT2D eigenvalue weighted by Crippen LogP contribution is 2.33. The van der Waals surface area contributed by atoms with E-state index < -0.39 is 20.7 Å². The van der Waals surface area contributed by atoms with Gasteiger partial charge in [-0.3, -0.25) is 9.59 Å². The summed E-state index contributed by atoms with van der Waals surface area (Å²) in [5, 5.41) is 0. The second-order valence-corrected chi connectivity index (χ2v) is 9.86. The van der Waals surface area contributed by atoms with E-state index in [1.807, 2.05) is 68.4 Å². The molecule has 3 rings (SSSR count). The number of hydrogen-bond donors (Lipinski definition) is 0. The maximum Gasteiger partial charge on any atom is 0.172 e. The van der Waals surface area contributed by atoms with E-state index in [1.165, 1.54) is 0 Å². The van der Waals surface area contributed by atoms with Crippen molar-refractivity contribution in [3.8, 4) is 5.75 Å². The molecule has 3 nitrogen and oxygen atoms in total. The predicted molar refractivity (Wildman–Crippen MR) is 108 cm³/mol. The molecule has 0 unspecified atom stereocenters. The predicted octanol–water partition coefficient (Wildman–Crippen LogP) is 4.54. The third-order valence-electron chi connectivity index (χ3n) is 4.03. The maximum absolute atomic E-state index is 12.3. The van der Waals surface area contributed by atoms with Crippen LogP contribution < -0.4 is 4.74 Å². The molecule has 130 valence electrons. The van der Waals surface area contributed by atoms with Crippen LogP contribution in [0, 0.1) is 8.99 Å². The van der Waals surface area contributed by atoms with Gasteiger partial charge >= 0.3 is 0 Å². The van der Waals surface area contributed by atoms with E-state index in [4.69, 9.17) is 4.74 Å². The Balaban J connectivity index is 1.68. The fourth-order valence-corrected chi connectivity index (χ4v) is 5.12. The minimum absolute atomic E-state index is 0.0402. The lowest BCUT2D eigenvalue weighted by Gasteiger charge is -2.28. The molecule has 2 aromatic carbocycles. The first-order valence-corrected chi connectivity index (χ1v) is 10.4. The molecule has 25 heavy (non-hydrogen) atoms. The van der Waals surface area contributed by atoms with E-state index in [9.17, 15) is 9.59 Å². The fraction of sp³-hybridized carbons (Fsp3) is 0.286. The van der Waals surface area contributed by atoms with Crippen LogP contribution in [0.25, 0.3) is 0 Å². The van der Waals surface area contributed by atoms with Crippen molar-refractivity contribution in [3.05, 3.63) is 63.7 Å². The van der Waals surface area contributed by atoms with Crippen molar-refractivity contribution < 1.29 is 14.3 Å². The summed E-state index contributed by atoms with van der Waals surface area (Å²) in [7, 11) is 0. The topological polar surface area (TPSA) is 43.4 Å². The van der Waals surface area contributed by atoms with Crippen molar-refractivity contribution in [1.82, 2.24) is 0 Å². The average Bonchev–Trinajstić information content (AvgIpc) is 2.57. The molecule has 1 fully saturated rings. The Morgan fingerprint density at radius 1 is 0.920 bits per heavy atom. The number of hydrogen-bond acceptors (Lipinski definition) is 3. The number of Topliss-reactive ketones (excluding diaryl/α,β-unsaturated/α-hetero) is 2. The molecule has 2 aromatic rings. The van der Waals surface area contributed by atoms with Gasteiger partial charge in [-0.1, -0.05) is 64.9 Å². The molecule has 0 atom stereocenters. The van der Waals surface area contributed by atoms with Crippen LogP contribution in [-0.4, -0.2) is 15.1 Å². The third kappa shape index (κ3) is 4.84. The van der Waals surface area contributed by atoms with Gasteiger partial charge in [0.15, 0.2) is 11.6 Å². The van der Waals surface area contributed by atoms with Crippen molar-refractivity contribution >= 4 is 35.8 Å². The van der Waals surface area contributed by atoms with Gasteiger partial charge in [0.1, 0.15) is 12.4 Å². The van der Waals surface area contributed by atoms with E-state index in [0.717, 1.165) is 14.9 Å². The van der Waals surface area contributed by atoms with Gasteiger partial charge in [-0.25, -0.2) is 0 Å². The monoisotopic (exact) mass is 448 g/mol. The van der Waals surface area contributed by atoms with Crippen LogP contribution >= 0.6 is 20.7 Å². The average molecular weight is 448 g/mol. The van der Waals surface area contributed by atoms with E-state index in [1.54, 1.807) is 0 Å². The number of benzene rings is 2. The van der Waals surface area contributed by atoms with Crippen molar-refractivity contribution in [2.75, 3.05) is 0 Å². The molecule has 1 aliphatic carbocycles. The molecule has 0 bridgehead atoms. The zero-order valence-corrected chi connectivity index (χ0v) is 16.6. The highest BCUT2D eigenvalue weighted by Gasteiger charge is 2.35. The minimum atomic E-state index is -0.722. The van der Waals surface area contributed by atoms with Crippen LogP contribution in [0.1, 0.15) is 32.3 Å². The van der Waals surface area contributed by atoms with Gasteiger partial charge in [-0.05, 0) is 35.2 Å². The summed E-state index contributed by atoms with van der Waals surface area (Å²) in [6.45, 7) is 4.49. The molecule has 0 spiro atoms. The van der Waals surface area contributed by atoms with Gasteiger partial charge in [0.05, 0.1) is 3.51 Å². The summed E-state index contributed by atoms with van der Waals surface area (Å²) in [5.74, 6) is 0.876. The largest absolute Gasteiger partial charge is 0.489 e. The molecular formula is C21H21IO3. The van der Waals surface area contributed by atoms with Crippen molar-refractivity contribution in [1.29, 1.82) is 0 Å². The summed E-state index contributed by atoms with van der Waals surface area (Å²) >= 11 is -0.722. The summed E-state index contributed by atoms with van der Waals surface area (Å²) < 4.78 is 7.40. The number of ether oxygens (including phenoxy) is 1. The lowest BCUT2D eigenvalue weighted by atomic mass is 9.76. The van der Waals surface area contributed by atoms with E-state index in [2.05, 4.69) is 0 Å². The lowest BCUT2D eigenvalue weighted by molar-refractivity contribution is -0.122. The normalized spacial score (nSPS) is 16.8. The van der Waals surface area contributed by atoms with Gasteiger partial charge in [0, 0.05) is 16.4 Å². The zero-order valence-electron chi connectivity index (χ0n) is 14.4. The molecule has 1 saturated carbocycles. The third-order valence-corrected chi connectivity index (χ3v) is 7.12. The quantitative estimate of drug-likeness (QED) is 0.646. The van der Waals surface area contributed by atoms with Gasteiger partial charge < -0.3 is 4.74 Å². The van der Waals surface area contributed by atoms with E-state index >= 15 is 0 Å². The number of carbonyl (C=O) groups is 2. The standard InChI is InChI=1S/C21H21IO3/c1-21(2)12-18(23)20(19(24)13-21)22-16-8-10-17(11-9-16)25-14-15-6-4-3-5-7-15/h3-11H,12-14H2,1-2H3. The van der Waals surface area contributed by atoms with Gasteiger partial charge in [0.25, 0.3) is 0 Å². The summed E-state index contributed by atoms with van der Waals surface area (Å²) in [6.07, 6.45) is 0.956. The van der Waals surface area contributed by atoms with E-state index in [-0.39, 0.29) is 17.0 Å². The fourth-order valence-electron chi connectivity index (χ4n) is 2.79. The number of carbonyl (C=O) groups excluding carboxylic acids is 2. The highest BCUT2D eigenvalue weighted by molar-refractivity contribution is 14.2. The van der Waals surface area contributed by atoms with Crippen LogP contribution in [0.2, 0.25) is 0 Å². The summed E-state index contributed by atoms with van der Waals surface area (Å²) in [5.41, 5.74) is 0.923. The van der Waals surface area contributed by atoms with Crippen LogP contribution in [0.5, 0.6) is 5.75 Å². The molecule has 0 heterocycles. The minimum Gasteiger partial charge on any atom is -0.489 e. The zero-order chi connectivity index (χ0) is 17.9. The molecule has 0 N–H and O–H groups in total. The SMILES string of the molecule is CC1(C)CC(=O)C(=Ic2ccc(OCc3ccccc3)cc2)C(=O)C1. The number of ketones is 2. The van der Waals surface area contributed by atoms with Crippen LogP contribution in [0.3, 0.4) is 0 Å². The lowest BCUT2D eigenvalue weighted by Crippen LogP contribution is -2.36. The van der Waals surface area contributed by atoms with Gasteiger partial charge in [-0.15, -0.1) is 0 Å². The van der Waals surface area contributed by atoms with Crippen molar-refractivity contribution in [2.24, 2.45) is 5.41 Å². The van der Waals surface area contributed by atoms with Crippen LogP contribution in [0.15, 0.2) is 54.6 Å². The maximum atomic E-state index is 12.3. The van der Waals surface area contributed by atoms with Gasteiger partial charge in [-0.2, -0.15) is 0 Å². The second kappa shape index (κ2) is 7.60. The summed E-state index contributed by atoms with van der Waals surface area (Å²) in [4.78, 5) is 24.6. The molecule has 1 aliphatic rings. The Kier molecular flexibility index (Phi) is 5.47. The molecule has 0 saturated heterocycles. The number of halogens is 1. The van der Waals surface area contributed by atoms with Crippen molar-refractivity contribution in [2.45, 2.75) is 33.3 Å². The Morgan fingerprint density at radius 2 is 1.52 bits per heavy atom. The second-order valence-electron chi connectivity index (χ2n) is 7.00. The first-order valence-electron chi connectivity index (χ1n) is 8.28. The molecular weight excluding hydrogens is 427 g/mol. The first-order chi connectivity index (χ1) is 11.9. The molecule has 0 aromatic heterocycles. The summed E-state index contributed by atoms with van der Waals surface area (Å²) in [6, 6.07) is 17.8. The molecule has 4 heteroatoms. The smallest absolute Gasteiger partial charge is 0.172 e. The molecule has 0 aliphatic heterocycles. The van der Waals surface area contributed by atoms with Gasteiger partial charge in [0.2, 0.25) is 0 Å².